The molecule has 1 heterocycles. The Kier molecular flexibility index (Phi) is 4.65. The summed E-state index contributed by atoms with van der Waals surface area (Å²) in [4.78, 5) is 4.41. The number of ether oxygens (including phenoxy) is 2. The maximum absolute atomic E-state index is 5.42. The Morgan fingerprint density at radius 3 is 2.62 bits per heavy atom. The number of anilines is 2. The van der Waals surface area contributed by atoms with Gasteiger partial charge in [0.2, 0.25) is 5.82 Å². The minimum absolute atomic E-state index is 0.329. The summed E-state index contributed by atoms with van der Waals surface area (Å²) in [6.07, 6.45) is 0.911. The smallest absolute Gasteiger partial charge is 0.326 e. The van der Waals surface area contributed by atoms with E-state index >= 15 is 0 Å². The number of rotatable bonds is 6. The van der Waals surface area contributed by atoms with Crippen molar-refractivity contribution >= 4 is 11.7 Å². The summed E-state index contributed by atoms with van der Waals surface area (Å²) in [5.74, 6) is 1.62. The SMILES string of the molecule is CCc1ccccc1Nc1nc(-c2cccc(OC)c2OC)no1. The second-order valence-electron chi connectivity index (χ2n) is 5.10. The zero-order valence-corrected chi connectivity index (χ0v) is 13.9. The number of nitrogens with one attached hydrogen (secondary N) is 1. The highest BCUT2D eigenvalue weighted by Crippen LogP contribution is 2.36. The molecule has 3 aromatic rings. The molecule has 0 aliphatic rings. The quantitative estimate of drug-likeness (QED) is 0.737. The number of methoxy groups -OCH3 is 2. The summed E-state index contributed by atoms with van der Waals surface area (Å²) >= 11 is 0. The Bertz CT molecular complexity index is 830. The molecule has 0 saturated heterocycles. The Morgan fingerprint density at radius 2 is 1.88 bits per heavy atom. The third-order valence-electron chi connectivity index (χ3n) is 3.71. The van der Waals surface area contributed by atoms with E-state index in [0.717, 1.165) is 12.1 Å². The molecule has 3 rings (SSSR count). The van der Waals surface area contributed by atoms with Crippen molar-refractivity contribution in [2.75, 3.05) is 19.5 Å². The van der Waals surface area contributed by atoms with Crippen molar-refractivity contribution in [3.8, 4) is 22.9 Å². The highest BCUT2D eigenvalue weighted by Gasteiger charge is 2.17. The number of aromatic nitrogens is 2. The Balaban J connectivity index is 1.92. The van der Waals surface area contributed by atoms with Crippen LogP contribution in [0.3, 0.4) is 0 Å². The highest BCUT2D eigenvalue weighted by atomic mass is 16.5. The molecule has 6 nitrogen and oxygen atoms in total. The van der Waals surface area contributed by atoms with Crippen LogP contribution in [0.1, 0.15) is 12.5 Å². The molecule has 1 aromatic heterocycles. The Labute approximate surface area is 140 Å². The summed E-state index contributed by atoms with van der Waals surface area (Å²) in [6.45, 7) is 2.10. The van der Waals surface area contributed by atoms with E-state index in [-0.39, 0.29) is 0 Å². The topological polar surface area (TPSA) is 69.4 Å². The summed E-state index contributed by atoms with van der Waals surface area (Å²) in [7, 11) is 3.17. The van der Waals surface area contributed by atoms with Gasteiger partial charge in [0.25, 0.3) is 0 Å². The number of nitrogens with zero attached hydrogens (tertiary/aromatic N) is 2. The fourth-order valence-corrected chi connectivity index (χ4v) is 2.51. The van der Waals surface area contributed by atoms with Gasteiger partial charge in [-0.1, -0.05) is 36.3 Å². The Hall–Kier alpha value is -3.02. The number of para-hydroxylation sites is 2. The molecule has 0 atom stereocenters. The minimum Gasteiger partial charge on any atom is -0.493 e. The van der Waals surface area contributed by atoms with Crippen molar-refractivity contribution < 1.29 is 14.0 Å². The minimum atomic E-state index is 0.329. The number of aryl methyl sites for hydroxylation is 1. The van der Waals surface area contributed by atoms with E-state index in [9.17, 15) is 0 Å². The van der Waals surface area contributed by atoms with E-state index in [0.29, 0.717) is 28.9 Å². The van der Waals surface area contributed by atoms with Crippen LogP contribution in [0.25, 0.3) is 11.4 Å². The first-order chi connectivity index (χ1) is 11.8. The van der Waals surface area contributed by atoms with Crippen LogP contribution < -0.4 is 14.8 Å². The van der Waals surface area contributed by atoms with Gasteiger partial charge in [-0.25, -0.2) is 0 Å². The first kappa shape index (κ1) is 15.9. The maximum atomic E-state index is 5.42. The van der Waals surface area contributed by atoms with Gasteiger partial charge in [-0.15, -0.1) is 0 Å². The molecular formula is C18H19N3O3. The molecule has 6 heteroatoms. The van der Waals surface area contributed by atoms with Gasteiger partial charge in [-0.2, -0.15) is 4.98 Å². The molecule has 0 saturated carbocycles. The van der Waals surface area contributed by atoms with E-state index in [2.05, 4.69) is 28.4 Å². The summed E-state index contributed by atoms with van der Waals surface area (Å²) in [5.41, 5.74) is 2.83. The van der Waals surface area contributed by atoms with Crippen molar-refractivity contribution in [3.63, 3.8) is 0 Å². The van der Waals surface area contributed by atoms with E-state index in [1.54, 1.807) is 14.2 Å². The monoisotopic (exact) mass is 325 g/mol. The van der Waals surface area contributed by atoms with Crippen LogP contribution in [-0.4, -0.2) is 24.4 Å². The molecule has 0 aliphatic carbocycles. The summed E-state index contributed by atoms with van der Waals surface area (Å²) in [5, 5.41) is 7.21. The Morgan fingerprint density at radius 1 is 1.04 bits per heavy atom. The molecular weight excluding hydrogens is 306 g/mol. The third-order valence-corrected chi connectivity index (χ3v) is 3.71. The lowest BCUT2D eigenvalue weighted by atomic mass is 10.1. The van der Waals surface area contributed by atoms with E-state index in [1.807, 2.05) is 36.4 Å². The van der Waals surface area contributed by atoms with E-state index in [4.69, 9.17) is 14.0 Å². The van der Waals surface area contributed by atoms with Gasteiger partial charge in [0.1, 0.15) is 0 Å². The van der Waals surface area contributed by atoms with Crippen molar-refractivity contribution in [2.24, 2.45) is 0 Å². The first-order valence-corrected chi connectivity index (χ1v) is 7.66. The lowest BCUT2D eigenvalue weighted by Crippen LogP contribution is -1.96. The number of hydrogen-bond donors (Lipinski definition) is 1. The molecule has 0 aliphatic heterocycles. The van der Waals surface area contributed by atoms with Crippen molar-refractivity contribution in [2.45, 2.75) is 13.3 Å². The average molecular weight is 325 g/mol. The standard InChI is InChI=1S/C18H19N3O3/c1-4-12-8-5-6-10-14(12)19-18-20-17(21-24-18)13-9-7-11-15(22-2)16(13)23-3/h5-11H,4H2,1-3H3,(H,19,20,21). The first-order valence-electron chi connectivity index (χ1n) is 7.66. The molecule has 124 valence electrons. The van der Waals surface area contributed by atoms with Crippen molar-refractivity contribution in [3.05, 3.63) is 48.0 Å². The largest absolute Gasteiger partial charge is 0.493 e. The van der Waals surface area contributed by atoms with E-state index < -0.39 is 0 Å². The van der Waals surface area contributed by atoms with Crippen LogP contribution in [0.15, 0.2) is 47.0 Å². The highest BCUT2D eigenvalue weighted by molar-refractivity contribution is 5.69. The zero-order chi connectivity index (χ0) is 16.9. The molecule has 0 amide bonds. The van der Waals surface area contributed by atoms with Crippen LogP contribution >= 0.6 is 0 Å². The molecule has 0 radical (unpaired) electrons. The van der Waals surface area contributed by atoms with Gasteiger partial charge in [0.15, 0.2) is 11.5 Å². The van der Waals surface area contributed by atoms with Crippen molar-refractivity contribution in [1.29, 1.82) is 0 Å². The molecule has 0 spiro atoms. The molecule has 0 unspecified atom stereocenters. The zero-order valence-electron chi connectivity index (χ0n) is 13.9. The van der Waals surface area contributed by atoms with Crippen molar-refractivity contribution in [1.82, 2.24) is 10.1 Å². The summed E-state index contributed by atoms with van der Waals surface area (Å²) < 4.78 is 16.0. The van der Waals surface area contributed by atoms with Gasteiger partial charge in [-0.05, 0) is 30.2 Å². The normalized spacial score (nSPS) is 10.5. The van der Waals surface area contributed by atoms with Crippen LogP contribution in [0.4, 0.5) is 11.7 Å². The molecule has 24 heavy (non-hydrogen) atoms. The average Bonchev–Trinajstić information content (AvgIpc) is 3.09. The fourth-order valence-electron chi connectivity index (χ4n) is 2.51. The third kappa shape index (κ3) is 3.03. The van der Waals surface area contributed by atoms with Gasteiger partial charge in [0.05, 0.1) is 19.8 Å². The van der Waals surface area contributed by atoms with Crippen LogP contribution in [-0.2, 0) is 6.42 Å². The lowest BCUT2D eigenvalue weighted by Gasteiger charge is -2.09. The van der Waals surface area contributed by atoms with Gasteiger partial charge < -0.3 is 19.3 Å². The number of benzene rings is 2. The maximum Gasteiger partial charge on any atom is 0.326 e. The van der Waals surface area contributed by atoms with Gasteiger partial charge >= 0.3 is 6.01 Å². The van der Waals surface area contributed by atoms with Crippen LogP contribution in [0.5, 0.6) is 11.5 Å². The lowest BCUT2D eigenvalue weighted by molar-refractivity contribution is 0.355. The van der Waals surface area contributed by atoms with E-state index in [1.165, 1.54) is 5.56 Å². The van der Waals surface area contributed by atoms with Gasteiger partial charge in [-0.3, -0.25) is 0 Å². The van der Waals surface area contributed by atoms with Crippen LogP contribution in [0.2, 0.25) is 0 Å². The molecule has 2 aromatic carbocycles. The molecule has 0 bridgehead atoms. The van der Waals surface area contributed by atoms with Gasteiger partial charge in [0, 0.05) is 5.69 Å². The molecule has 1 N–H and O–H groups in total. The molecule has 0 fully saturated rings. The number of hydrogen-bond acceptors (Lipinski definition) is 6. The predicted molar refractivity (Wildman–Crippen MR) is 91.9 cm³/mol. The fraction of sp³-hybridized carbons (Fsp3) is 0.222. The van der Waals surface area contributed by atoms with Crippen LogP contribution in [0, 0.1) is 0 Å². The second kappa shape index (κ2) is 7.04. The summed E-state index contributed by atoms with van der Waals surface area (Å²) in [6, 6.07) is 13.9. The second-order valence-corrected chi connectivity index (χ2v) is 5.10. The predicted octanol–water partition coefficient (Wildman–Crippen LogP) is 4.06.